The number of carbonyl (C=O) groups is 1. The van der Waals surface area contributed by atoms with Gasteiger partial charge in [-0.3, -0.25) is 0 Å². The van der Waals surface area contributed by atoms with E-state index in [4.69, 9.17) is 10.5 Å². The first-order valence-corrected chi connectivity index (χ1v) is 6.38. The fraction of sp³-hybridized carbons (Fsp3) is 0.500. The molecule has 0 bridgehead atoms. The summed E-state index contributed by atoms with van der Waals surface area (Å²) >= 11 is 0. The van der Waals surface area contributed by atoms with Crippen LogP contribution in [0.25, 0.3) is 0 Å². The Morgan fingerprint density at radius 1 is 1.42 bits per heavy atom. The third-order valence-electron chi connectivity index (χ3n) is 3.14. The molecule has 5 heteroatoms. The number of anilines is 1. The number of hydrogen-bond acceptors (Lipinski definition) is 3. The van der Waals surface area contributed by atoms with Crippen LogP contribution in [0.3, 0.4) is 0 Å². The van der Waals surface area contributed by atoms with Gasteiger partial charge in [-0.15, -0.1) is 0 Å². The number of hydrogen-bond donors (Lipinski definition) is 2. The fourth-order valence-electron chi connectivity index (χ4n) is 1.89. The van der Waals surface area contributed by atoms with Crippen molar-refractivity contribution in [2.75, 3.05) is 25.5 Å². The number of carbonyl (C=O) groups excluding carboxylic acids is 1. The highest BCUT2D eigenvalue weighted by Crippen LogP contribution is 2.24. The lowest BCUT2D eigenvalue weighted by Gasteiger charge is -2.37. The monoisotopic (exact) mass is 265 g/mol. The summed E-state index contributed by atoms with van der Waals surface area (Å²) in [6, 6.07) is 7.14. The van der Waals surface area contributed by atoms with Crippen LogP contribution >= 0.6 is 0 Å². The Morgan fingerprint density at radius 3 is 2.58 bits per heavy atom. The number of nitrogens with one attached hydrogen (secondary N) is 1. The van der Waals surface area contributed by atoms with Crippen molar-refractivity contribution in [3.05, 3.63) is 24.3 Å². The molecule has 0 radical (unpaired) electrons. The minimum absolute atomic E-state index is 0.178. The number of nitrogens with zero attached hydrogens (tertiary/aromatic N) is 1. The van der Waals surface area contributed by atoms with Crippen molar-refractivity contribution in [2.45, 2.75) is 26.3 Å². The normalized spacial score (nSPS) is 11.0. The van der Waals surface area contributed by atoms with Gasteiger partial charge in [0, 0.05) is 13.1 Å². The van der Waals surface area contributed by atoms with E-state index in [9.17, 15) is 4.79 Å². The predicted molar refractivity (Wildman–Crippen MR) is 77.5 cm³/mol. The van der Waals surface area contributed by atoms with Gasteiger partial charge in [-0.05, 0) is 32.9 Å². The highest BCUT2D eigenvalue weighted by atomic mass is 16.5. The maximum Gasteiger partial charge on any atom is 0.322 e. The van der Waals surface area contributed by atoms with Gasteiger partial charge in [0.2, 0.25) is 0 Å². The minimum Gasteiger partial charge on any atom is -0.495 e. The highest BCUT2D eigenvalue weighted by Gasteiger charge is 2.28. The van der Waals surface area contributed by atoms with Gasteiger partial charge in [-0.25, -0.2) is 4.79 Å². The predicted octanol–water partition coefficient (Wildman–Crippen LogP) is 2.29. The number of urea groups is 1. The van der Waals surface area contributed by atoms with E-state index in [-0.39, 0.29) is 11.6 Å². The molecule has 2 amide bonds. The van der Waals surface area contributed by atoms with Crippen LogP contribution in [0.4, 0.5) is 10.5 Å². The van der Waals surface area contributed by atoms with Gasteiger partial charge < -0.3 is 20.7 Å². The third-order valence-corrected chi connectivity index (χ3v) is 3.14. The molecule has 0 fully saturated rings. The van der Waals surface area contributed by atoms with E-state index in [2.05, 4.69) is 5.32 Å². The number of benzene rings is 1. The average molecular weight is 265 g/mol. The van der Waals surface area contributed by atoms with E-state index < -0.39 is 0 Å². The maximum atomic E-state index is 12.3. The fourth-order valence-corrected chi connectivity index (χ4v) is 1.89. The molecule has 0 aliphatic heterocycles. The Morgan fingerprint density at radius 2 is 2.05 bits per heavy atom. The molecule has 0 spiro atoms. The number of ether oxygens (including phenoxy) is 1. The second kappa shape index (κ2) is 6.43. The molecule has 1 rings (SSSR count). The Bertz CT molecular complexity index is 432. The molecule has 0 saturated heterocycles. The minimum atomic E-state index is -0.388. The van der Waals surface area contributed by atoms with Crippen molar-refractivity contribution in [2.24, 2.45) is 5.73 Å². The molecule has 1 aromatic rings. The first-order valence-electron chi connectivity index (χ1n) is 6.38. The summed E-state index contributed by atoms with van der Waals surface area (Å²) in [7, 11) is 1.58. The number of nitrogens with two attached hydrogens (primary N) is 1. The van der Waals surface area contributed by atoms with Gasteiger partial charge in [-0.2, -0.15) is 0 Å². The molecule has 0 heterocycles. The second-order valence-corrected chi connectivity index (χ2v) is 4.89. The topological polar surface area (TPSA) is 67.6 Å². The van der Waals surface area contributed by atoms with E-state index >= 15 is 0 Å². The lowest BCUT2D eigenvalue weighted by molar-refractivity contribution is 0.155. The largest absolute Gasteiger partial charge is 0.495 e. The van der Waals surface area contributed by atoms with E-state index in [0.717, 1.165) is 0 Å². The van der Waals surface area contributed by atoms with Crippen LogP contribution < -0.4 is 15.8 Å². The molecule has 0 aliphatic carbocycles. The van der Waals surface area contributed by atoms with Gasteiger partial charge in [0.25, 0.3) is 0 Å². The number of rotatable bonds is 5. The summed E-state index contributed by atoms with van der Waals surface area (Å²) in [5, 5.41) is 2.86. The van der Waals surface area contributed by atoms with Crippen LogP contribution in [0.2, 0.25) is 0 Å². The van der Waals surface area contributed by atoms with Gasteiger partial charge in [-0.1, -0.05) is 12.1 Å². The van der Waals surface area contributed by atoms with Crippen molar-refractivity contribution >= 4 is 11.7 Å². The first kappa shape index (κ1) is 15.3. The van der Waals surface area contributed by atoms with E-state index in [1.807, 2.05) is 32.9 Å². The molecular formula is C14H23N3O2. The van der Waals surface area contributed by atoms with Crippen LogP contribution in [0, 0.1) is 0 Å². The molecule has 106 valence electrons. The second-order valence-electron chi connectivity index (χ2n) is 4.89. The van der Waals surface area contributed by atoms with Gasteiger partial charge >= 0.3 is 6.03 Å². The van der Waals surface area contributed by atoms with Crippen molar-refractivity contribution < 1.29 is 9.53 Å². The number of amides is 2. The molecule has 0 aromatic heterocycles. The van der Waals surface area contributed by atoms with Crippen molar-refractivity contribution in [3.63, 3.8) is 0 Å². The highest BCUT2D eigenvalue weighted by molar-refractivity contribution is 5.91. The number of methoxy groups -OCH3 is 1. The zero-order valence-corrected chi connectivity index (χ0v) is 12.1. The summed E-state index contributed by atoms with van der Waals surface area (Å²) in [5.74, 6) is 0.637. The van der Waals surface area contributed by atoms with Gasteiger partial charge in [0.05, 0.1) is 18.3 Å². The van der Waals surface area contributed by atoms with Gasteiger partial charge in [0.1, 0.15) is 5.75 Å². The molecule has 0 saturated carbocycles. The maximum absolute atomic E-state index is 12.3. The molecule has 0 aliphatic rings. The van der Waals surface area contributed by atoms with Crippen molar-refractivity contribution in [3.8, 4) is 5.75 Å². The lowest BCUT2D eigenvalue weighted by Crippen LogP contribution is -2.53. The molecule has 3 N–H and O–H groups in total. The molecule has 1 aromatic carbocycles. The standard InChI is InChI=1S/C14H23N3O2/c1-5-17(14(2,3)10-15)13(18)16-11-8-6-7-9-12(11)19-4/h6-9H,5,10,15H2,1-4H3,(H,16,18). The first-order chi connectivity index (χ1) is 8.96. The Labute approximate surface area is 114 Å². The molecule has 5 nitrogen and oxygen atoms in total. The smallest absolute Gasteiger partial charge is 0.322 e. The summed E-state index contributed by atoms with van der Waals surface area (Å²) in [5.41, 5.74) is 5.99. The SMILES string of the molecule is CCN(C(=O)Nc1ccccc1OC)C(C)(C)CN. The summed E-state index contributed by atoms with van der Waals surface area (Å²) in [4.78, 5) is 14.0. The van der Waals surface area contributed by atoms with Crippen LogP contribution in [-0.2, 0) is 0 Å². The Balaban J connectivity index is 2.89. The lowest BCUT2D eigenvalue weighted by atomic mass is 10.0. The summed E-state index contributed by atoms with van der Waals surface area (Å²) in [6.45, 7) is 6.81. The van der Waals surface area contributed by atoms with Crippen molar-refractivity contribution in [1.82, 2.24) is 4.90 Å². The van der Waals surface area contributed by atoms with E-state index in [1.54, 1.807) is 24.1 Å². The molecule has 19 heavy (non-hydrogen) atoms. The quantitative estimate of drug-likeness (QED) is 0.858. The molecule has 0 atom stereocenters. The Kier molecular flexibility index (Phi) is 5.18. The average Bonchev–Trinajstić information content (AvgIpc) is 2.39. The number of likely N-dealkylation sites (N-methyl/N-ethyl adjacent to an activating group) is 1. The van der Waals surface area contributed by atoms with E-state index in [1.165, 1.54) is 0 Å². The Hall–Kier alpha value is -1.75. The summed E-state index contributed by atoms with van der Waals surface area (Å²) in [6.07, 6.45) is 0. The summed E-state index contributed by atoms with van der Waals surface area (Å²) < 4.78 is 5.21. The van der Waals surface area contributed by atoms with Crippen molar-refractivity contribution in [1.29, 1.82) is 0 Å². The third kappa shape index (κ3) is 3.61. The zero-order chi connectivity index (χ0) is 14.5. The zero-order valence-electron chi connectivity index (χ0n) is 12.1. The molecular weight excluding hydrogens is 242 g/mol. The van der Waals surface area contributed by atoms with Crippen LogP contribution in [0.5, 0.6) is 5.75 Å². The van der Waals surface area contributed by atoms with Crippen LogP contribution in [0.1, 0.15) is 20.8 Å². The van der Waals surface area contributed by atoms with Gasteiger partial charge in [0.15, 0.2) is 0 Å². The van der Waals surface area contributed by atoms with Crippen LogP contribution in [-0.4, -0.2) is 36.7 Å². The van der Waals surface area contributed by atoms with Crippen LogP contribution in [0.15, 0.2) is 24.3 Å². The van der Waals surface area contributed by atoms with E-state index in [0.29, 0.717) is 24.5 Å². The number of para-hydroxylation sites is 2. The molecule has 0 unspecified atom stereocenters.